The third-order valence-electron chi connectivity index (χ3n) is 4.04. The van der Waals surface area contributed by atoms with Gasteiger partial charge in [-0.15, -0.1) is 0 Å². The molecule has 162 valence electrons. The van der Waals surface area contributed by atoms with Gasteiger partial charge in [0.2, 0.25) is 0 Å². The molecule has 1 amide bonds. The van der Waals surface area contributed by atoms with Gasteiger partial charge in [0, 0.05) is 0 Å². The van der Waals surface area contributed by atoms with Gasteiger partial charge in [0.1, 0.15) is 23.9 Å². The van der Waals surface area contributed by atoms with E-state index in [4.69, 9.17) is 19.3 Å². The summed E-state index contributed by atoms with van der Waals surface area (Å²) in [5.74, 6) is -2.59. The minimum atomic E-state index is -1.09. The molecular formula is C21H25NO8. The number of carboxylic acids is 1. The van der Waals surface area contributed by atoms with Crippen molar-refractivity contribution in [3.05, 3.63) is 41.0 Å². The Balaban J connectivity index is 2.33. The van der Waals surface area contributed by atoms with Gasteiger partial charge >= 0.3 is 18.0 Å². The molecule has 9 heteroatoms. The average molecular weight is 419 g/mol. The number of Topliss-reactive ketones (excluding diaryl/α,β-unsaturated/α-hetero) is 1. The lowest BCUT2D eigenvalue weighted by atomic mass is 10.0. The summed E-state index contributed by atoms with van der Waals surface area (Å²) < 4.78 is 15.6. The number of amides is 1. The molecule has 0 aromatic heterocycles. The molecule has 2 rings (SSSR count). The van der Waals surface area contributed by atoms with Crippen molar-refractivity contribution in [1.29, 1.82) is 0 Å². The molecule has 1 aliphatic heterocycles. The number of ketones is 1. The van der Waals surface area contributed by atoms with Crippen LogP contribution >= 0.6 is 0 Å². The second-order valence-electron chi connectivity index (χ2n) is 7.54. The number of esters is 1. The highest BCUT2D eigenvalue weighted by atomic mass is 16.6. The van der Waals surface area contributed by atoms with E-state index in [1.54, 1.807) is 27.7 Å². The van der Waals surface area contributed by atoms with E-state index in [1.807, 2.05) is 0 Å². The predicted molar refractivity (Wildman–Crippen MR) is 106 cm³/mol. The normalized spacial score (nSPS) is 16.9. The van der Waals surface area contributed by atoms with Gasteiger partial charge in [-0.25, -0.2) is 14.4 Å². The third kappa shape index (κ3) is 5.90. The largest absolute Gasteiger partial charge is 0.478 e. The van der Waals surface area contributed by atoms with Crippen molar-refractivity contribution in [2.75, 3.05) is 19.9 Å². The maximum Gasteiger partial charge on any atom is 0.412 e. The first-order valence-corrected chi connectivity index (χ1v) is 9.37. The van der Waals surface area contributed by atoms with Crippen LogP contribution in [0.1, 0.15) is 43.6 Å². The van der Waals surface area contributed by atoms with Gasteiger partial charge in [-0.05, 0) is 51.5 Å². The second kappa shape index (κ2) is 9.53. The van der Waals surface area contributed by atoms with Gasteiger partial charge in [-0.1, -0.05) is 12.1 Å². The van der Waals surface area contributed by atoms with Crippen LogP contribution in [-0.2, 0) is 23.8 Å². The van der Waals surface area contributed by atoms with Crippen LogP contribution in [-0.4, -0.2) is 65.4 Å². The molecule has 1 N–H and O–H groups in total. The summed E-state index contributed by atoms with van der Waals surface area (Å²) in [4.78, 5) is 50.1. The summed E-state index contributed by atoms with van der Waals surface area (Å²) in [6, 6.07) is 4.59. The standard InChI is InChI=1S/C21H25NO8/c1-5-29-19(26)15(10-13-6-8-14(9-7-13)18(24)25)17(23)16-11-28-12-22(16)20(27)30-21(2,3)4/h6-10,16H,5,11-12H2,1-4H3,(H,24,25)/t16-/m0/s1. The van der Waals surface area contributed by atoms with Gasteiger partial charge in [0.15, 0.2) is 5.78 Å². The minimum absolute atomic E-state index is 0.0539. The van der Waals surface area contributed by atoms with E-state index in [2.05, 4.69) is 0 Å². The molecule has 1 fully saturated rings. The first kappa shape index (κ1) is 23.1. The van der Waals surface area contributed by atoms with Crippen LogP contribution < -0.4 is 0 Å². The van der Waals surface area contributed by atoms with Crippen LogP contribution in [0.2, 0.25) is 0 Å². The highest BCUT2D eigenvalue weighted by molar-refractivity contribution is 6.23. The fourth-order valence-corrected chi connectivity index (χ4v) is 2.67. The van der Waals surface area contributed by atoms with E-state index < -0.39 is 35.5 Å². The summed E-state index contributed by atoms with van der Waals surface area (Å²) in [6.45, 7) is 6.52. The fourth-order valence-electron chi connectivity index (χ4n) is 2.67. The SMILES string of the molecule is CCOC(=O)C(=Cc1ccc(C(=O)O)cc1)C(=O)[C@@H]1COCN1C(=O)OC(C)(C)C. The van der Waals surface area contributed by atoms with Gasteiger partial charge in [0.05, 0.1) is 18.8 Å². The maximum absolute atomic E-state index is 13.1. The molecule has 1 aliphatic rings. The number of ether oxygens (including phenoxy) is 3. The van der Waals surface area contributed by atoms with E-state index in [9.17, 15) is 19.2 Å². The second-order valence-corrected chi connectivity index (χ2v) is 7.54. The molecule has 0 aliphatic carbocycles. The van der Waals surface area contributed by atoms with Crippen molar-refractivity contribution < 1.29 is 38.5 Å². The zero-order valence-corrected chi connectivity index (χ0v) is 17.3. The Labute approximate surface area is 174 Å². The fraction of sp³-hybridized carbons (Fsp3) is 0.429. The Hall–Kier alpha value is -3.20. The van der Waals surface area contributed by atoms with Gasteiger partial charge in [-0.2, -0.15) is 0 Å². The molecule has 0 saturated carbocycles. The number of hydrogen-bond acceptors (Lipinski definition) is 7. The summed E-state index contributed by atoms with van der Waals surface area (Å²) in [5, 5.41) is 9.00. The average Bonchev–Trinajstić information content (AvgIpc) is 3.15. The van der Waals surface area contributed by atoms with Gasteiger partial charge in [0.25, 0.3) is 0 Å². The van der Waals surface area contributed by atoms with E-state index >= 15 is 0 Å². The molecular weight excluding hydrogens is 394 g/mol. The lowest BCUT2D eigenvalue weighted by Gasteiger charge is -2.26. The molecule has 1 aromatic carbocycles. The van der Waals surface area contributed by atoms with Crippen LogP contribution in [0, 0.1) is 0 Å². The molecule has 1 saturated heterocycles. The summed E-state index contributed by atoms with van der Waals surface area (Å²) in [5.41, 5.74) is -0.543. The van der Waals surface area contributed by atoms with Gasteiger partial charge in [-0.3, -0.25) is 9.69 Å². The van der Waals surface area contributed by atoms with Crippen molar-refractivity contribution in [3.8, 4) is 0 Å². The van der Waals surface area contributed by atoms with Crippen molar-refractivity contribution >= 4 is 29.9 Å². The van der Waals surface area contributed by atoms with E-state index in [1.165, 1.54) is 30.3 Å². The van der Waals surface area contributed by atoms with Crippen molar-refractivity contribution in [2.45, 2.75) is 39.3 Å². The van der Waals surface area contributed by atoms with Crippen molar-refractivity contribution in [1.82, 2.24) is 4.90 Å². The molecule has 0 bridgehead atoms. The molecule has 1 aromatic rings. The molecule has 1 heterocycles. The Kier molecular flexibility index (Phi) is 7.33. The zero-order valence-electron chi connectivity index (χ0n) is 17.3. The Morgan fingerprint density at radius 1 is 1.20 bits per heavy atom. The van der Waals surface area contributed by atoms with Crippen LogP contribution in [0.4, 0.5) is 4.79 Å². The molecule has 30 heavy (non-hydrogen) atoms. The highest BCUT2D eigenvalue weighted by Gasteiger charge is 2.40. The van der Waals surface area contributed by atoms with Crippen LogP contribution in [0.5, 0.6) is 0 Å². The molecule has 1 atom stereocenters. The Morgan fingerprint density at radius 2 is 1.83 bits per heavy atom. The number of carboxylic acid groups (broad SMARTS) is 1. The lowest BCUT2D eigenvalue weighted by Crippen LogP contribution is -2.45. The number of hydrogen-bond donors (Lipinski definition) is 1. The zero-order chi connectivity index (χ0) is 22.5. The predicted octanol–water partition coefficient (Wildman–Crippen LogP) is 2.49. The molecule has 0 unspecified atom stereocenters. The number of carbonyl (C=O) groups excluding carboxylic acids is 3. The number of rotatable bonds is 6. The first-order chi connectivity index (χ1) is 14.0. The Bertz CT molecular complexity index is 851. The number of aromatic carboxylic acids is 1. The van der Waals surface area contributed by atoms with E-state index in [-0.39, 0.29) is 31.1 Å². The lowest BCUT2D eigenvalue weighted by molar-refractivity contribution is -0.140. The summed E-state index contributed by atoms with van der Waals surface area (Å²) in [7, 11) is 0. The monoisotopic (exact) mass is 419 g/mol. The third-order valence-corrected chi connectivity index (χ3v) is 4.04. The minimum Gasteiger partial charge on any atom is -0.478 e. The summed E-state index contributed by atoms with van der Waals surface area (Å²) in [6.07, 6.45) is 0.574. The smallest absolute Gasteiger partial charge is 0.412 e. The maximum atomic E-state index is 13.1. The van der Waals surface area contributed by atoms with Crippen LogP contribution in [0.3, 0.4) is 0 Å². The number of carbonyl (C=O) groups is 4. The molecule has 0 radical (unpaired) electrons. The topological polar surface area (TPSA) is 119 Å². The quantitative estimate of drug-likeness (QED) is 0.323. The van der Waals surface area contributed by atoms with Crippen molar-refractivity contribution in [2.24, 2.45) is 0 Å². The summed E-state index contributed by atoms with van der Waals surface area (Å²) >= 11 is 0. The van der Waals surface area contributed by atoms with Crippen LogP contribution in [0.15, 0.2) is 29.8 Å². The molecule has 0 spiro atoms. The Morgan fingerprint density at radius 3 is 2.37 bits per heavy atom. The van der Waals surface area contributed by atoms with E-state index in [0.717, 1.165) is 4.90 Å². The van der Waals surface area contributed by atoms with E-state index in [0.29, 0.717) is 5.56 Å². The van der Waals surface area contributed by atoms with Gasteiger partial charge < -0.3 is 19.3 Å². The number of nitrogens with zero attached hydrogens (tertiary/aromatic N) is 1. The van der Waals surface area contributed by atoms with Crippen molar-refractivity contribution in [3.63, 3.8) is 0 Å². The van der Waals surface area contributed by atoms with Crippen LogP contribution in [0.25, 0.3) is 6.08 Å². The highest BCUT2D eigenvalue weighted by Crippen LogP contribution is 2.21. The molecule has 9 nitrogen and oxygen atoms in total. The number of benzene rings is 1. The first-order valence-electron chi connectivity index (χ1n) is 9.37.